The maximum absolute atomic E-state index is 14.0. The molecule has 0 bridgehead atoms. The van der Waals surface area contributed by atoms with Crippen molar-refractivity contribution in [3.8, 4) is 0 Å². The van der Waals surface area contributed by atoms with Crippen LogP contribution in [0.5, 0.6) is 0 Å². The van der Waals surface area contributed by atoms with Gasteiger partial charge in [-0.2, -0.15) is 0 Å². The van der Waals surface area contributed by atoms with E-state index in [1.54, 1.807) is 31.2 Å². The second kappa shape index (κ2) is 10.7. The highest BCUT2D eigenvalue weighted by molar-refractivity contribution is 6.30. The number of allylic oxidation sites excluding steroid dienone is 1. The first-order chi connectivity index (χ1) is 16.2. The van der Waals surface area contributed by atoms with Crippen LogP contribution in [0.25, 0.3) is 0 Å². The Hall–Kier alpha value is -2.67. The Morgan fingerprint density at radius 1 is 1.18 bits per heavy atom. The van der Waals surface area contributed by atoms with Crippen molar-refractivity contribution in [2.75, 3.05) is 0 Å². The molecule has 8 heteroatoms. The second-order valence-corrected chi connectivity index (χ2v) is 9.44. The lowest BCUT2D eigenvalue weighted by atomic mass is 9.71. The van der Waals surface area contributed by atoms with E-state index in [4.69, 9.17) is 29.0 Å². The van der Waals surface area contributed by atoms with Crippen molar-refractivity contribution >= 4 is 40.8 Å². The van der Waals surface area contributed by atoms with Crippen molar-refractivity contribution in [2.24, 2.45) is 11.8 Å². The molecule has 0 saturated carbocycles. The molecule has 0 spiro atoms. The number of hydrogen-bond acceptors (Lipinski definition) is 4. The predicted molar refractivity (Wildman–Crippen MR) is 134 cm³/mol. The van der Waals surface area contributed by atoms with Gasteiger partial charge in [0.2, 0.25) is 5.91 Å². The summed E-state index contributed by atoms with van der Waals surface area (Å²) in [6.07, 6.45) is 2.64. The fourth-order valence-corrected chi connectivity index (χ4v) is 5.43. The van der Waals surface area contributed by atoms with Crippen LogP contribution in [0.1, 0.15) is 56.2 Å². The number of rotatable bonds is 8. The van der Waals surface area contributed by atoms with Crippen LogP contribution in [-0.2, 0) is 14.4 Å². The van der Waals surface area contributed by atoms with Gasteiger partial charge < -0.3 is 4.90 Å². The molecule has 1 unspecified atom stereocenters. The molecule has 0 aliphatic carbocycles. The number of halogens is 2. The normalized spacial score (nSPS) is 22.1. The number of nitrogens with two attached hydrogens (primary N) is 1. The smallest absolute Gasteiger partial charge is 0.267 e. The van der Waals surface area contributed by atoms with Gasteiger partial charge in [-0.3, -0.25) is 19.8 Å². The third-order valence-corrected chi connectivity index (χ3v) is 7.22. The molecule has 1 aliphatic heterocycles. The summed E-state index contributed by atoms with van der Waals surface area (Å²) in [7, 11) is 0. The summed E-state index contributed by atoms with van der Waals surface area (Å²) < 4.78 is 0. The monoisotopic (exact) mass is 501 g/mol. The standard InChI is InChI=1S/C26H29Cl2N3O3/c1-4-7-19-15-22(18-8-6-9-21(28)14-18)23(17-10-12-20(27)13-11-17)31(24(19)33)26(5-2,16(3)32)25(34)30-29/h4,6,8-14,19,22-23H,1,5,7,15,29H2,2-3H3,(H,30,34)/t19-,22+,23+,26?/m0/s1. The van der Waals surface area contributed by atoms with E-state index in [1.807, 2.05) is 30.3 Å². The predicted octanol–water partition coefficient (Wildman–Crippen LogP) is 4.97. The summed E-state index contributed by atoms with van der Waals surface area (Å²) >= 11 is 12.5. The molecule has 2 amide bonds. The fourth-order valence-electron chi connectivity index (χ4n) is 5.11. The van der Waals surface area contributed by atoms with Crippen LogP contribution in [0.15, 0.2) is 61.2 Å². The number of piperidine rings is 1. The number of benzene rings is 2. The van der Waals surface area contributed by atoms with Crippen LogP contribution in [0, 0.1) is 5.92 Å². The number of hydrazine groups is 1. The van der Waals surface area contributed by atoms with Crippen molar-refractivity contribution in [2.45, 2.75) is 50.6 Å². The molecule has 180 valence electrons. The first-order valence-electron chi connectivity index (χ1n) is 11.2. The number of nitrogens with zero attached hydrogens (tertiary/aromatic N) is 1. The van der Waals surface area contributed by atoms with Crippen LogP contribution in [-0.4, -0.2) is 28.0 Å². The highest BCUT2D eigenvalue weighted by atomic mass is 35.5. The summed E-state index contributed by atoms with van der Waals surface area (Å²) in [5.74, 6) is 3.34. The van der Waals surface area contributed by atoms with Crippen molar-refractivity contribution in [1.29, 1.82) is 0 Å². The molecule has 1 saturated heterocycles. The van der Waals surface area contributed by atoms with E-state index in [0.717, 1.165) is 11.1 Å². The molecule has 6 nitrogen and oxygen atoms in total. The van der Waals surface area contributed by atoms with E-state index in [0.29, 0.717) is 22.9 Å². The average Bonchev–Trinajstić information content (AvgIpc) is 2.82. The largest absolute Gasteiger partial charge is 0.314 e. The lowest BCUT2D eigenvalue weighted by molar-refractivity contribution is -0.165. The maximum atomic E-state index is 14.0. The summed E-state index contributed by atoms with van der Waals surface area (Å²) in [5, 5.41) is 1.10. The van der Waals surface area contributed by atoms with Gasteiger partial charge in [-0.15, -0.1) is 6.58 Å². The molecule has 4 atom stereocenters. The molecule has 3 rings (SSSR count). The van der Waals surface area contributed by atoms with Crippen LogP contribution in [0.2, 0.25) is 10.0 Å². The van der Waals surface area contributed by atoms with Crippen LogP contribution in [0.3, 0.4) is 0 Å². The Labute approximate surface area is 210 Å². The fraction of sp³-hybridized carbons (Fsp3) is 0.346. The van der Waals surface area contributed by atoms with E-state index < -0.39 is 29.2 Å². The zero-order chi connectivity index (χ0) is 25.0. The van der Waals surface area contributed by atoms with Gasteiger partial charge in [-0.05, 0) is 61.6 Å². The maximum Gasteiger partial charge on any atom is 0.267 e. The second-order valence-electron chi connectivity index (χ2n) is 8.57. The number of amides is 2. The molecule has 1 aliphatic rings. The Morgan fingerprint density at radius 2 is 1.85 bits per heavy atom. The van der Waals surface area contributed by atoms with Gasteiger partial charge in [0.1, 0.15) is 0 Å². The minimum atomic E-state index is -1.78. The van der Waals surface area contributed by atoms with Crippen molar-refractivity contribution in [3.63, 3.8) is 0 Å². The van der Waals surface area contributed by atoms with Crippen molar-refractivity contribution in [3.05, 3.63) is 82.4 Å². The quantitative estimate of drug-likeness (QED) is 0.175. The molecule has 2 aromatic rings. The van der Waals surface area contributed by atoms with Gasteiger partial charge in [0.15, 0.2) is 11.3 Å². The van der Waals surface area contributed by atoms with Crippen LogP contribution >= 0.6 is 23.2 Å². The lowest BCUT2D eigenvalue weighted by Crippen LogP contribution is -2.68. The van der Waals surface area contributed by atoms with E-state index in [9.17, 15) is 14.4 Å². The molecule has 3 N–H and O–H groups in total. The van der Waals surface area contributed by atoms with Gasteiger partial charge in [0.05, 0.1) is 6.04 Å². The van der Waals surface area contributed by atoms with Gasteiger partial charge in [0, 0.05) is 21.9 Å². The molecule has 0 radical (unpaired) electrons. The van der Waals surface area contributed by atoms with Crippen molar-refractivity contribution in [1.82, 2.24) is 10.3 Å². The van der Waals surface area contributed by atoms with Crippen LogP contribution in [0.4, 0.5) is 0 Å². The van der Waals surface area contributed by atoms with E-state index >= 15 is 0 Å². The number of nitrogens with one attached hydrogen (secondary N) is 1. The number of carbonyl (C=O) groups excluding carboxylic acids is 3. The third kappa shape index (κ3) is 4.63. The Morgan fingerprint density at radius 3 is 2.38 bits per heavy atom. The van der Waals surface area contributed by atoms with Crippen LogP contribution < -0.4 is 11.3 Å². The summed E-state index contributed by atoms with van der Waals surface area (Å²) in [4.78, 5) is 41.8. The van der Waals surface area contributed by atoms with E-state index in [1.165, 1.54) is 11.8 Å². The zero-order valence-corrected chi connectivity index (χ0v) is 20.8. The van der Waals surface area contributed by atoms with Crippen molar-refractivity contribution < 1.29 is 14.4 Å². The van der Waals surface area contributed by atoms with Gasteiger partial charge in [-0.25, -0.2) is 5.84 Å². The molecular formula is C26H29Cl2N3O3. The number of ketones is 1. The molecular weight excluding hydrogens is 473 g/mol. The average molecular weight is 502 g/mol. The number of carbonyl (C=O) groups is 3. The summed E-state index contributed by atoms with van der Waals surface area (Å²) in [6.45, 7) is 6.83. The minimum Gasteiger partial charge on any atom is -0.314 e. The lowest BCUT2D eigenvalue weighted by Gasteiger charge is -2.52. The SMILES string of the molecule is C=CC[C@H]1C[C@H](c2cccc(Cl)c2)[C@@H](c2ccc(Cl)cc2)N(C(CC)(C(C)=O)C(=O)NN)C1=O. The Kier molecular flexibility index (Phi) is 8.18. The Balaban J connectivity index is 2.35. The highest BCUT2D eigenvalue weighted by Gasteiger charge is 2.56. The first-order valence-corrected chi connectivity index (χ1v) is 11.9. The van der Waals surface area contributed by atoms with Gasteiger partial charge in [-0.1, -0.05) is 60.5 Å². The Bertz CT molecular complexity index is 1090. The van der Waals surface area contributed by atoms with Gasteiger partial charge in [0.25, 0.3) is 5.91 Å². The number of likely N-dealkylation sites (tertiary alicyclic amines) is 1. The number of Topliss-reactive ketones (excluding diaryl/α,β-unsaturated/α-hetero) is 1. The first kappa shape index (κ1) is 25.9. The molecule has 34 heavy (non-hydrogen) atoms. The minimum absolute atomic E-state index is 0.0598. The van der Waals surface area contributed by atoms with Gasteiger partial charge >= 0.3 is 0 Å². The topological polar surface area (TPSA) is 92.5 Å². The molecule has 1 fully saturated rings. The molecule has 1 heterocycles. The highest BCUT2D eigenvalue weighted by Crippen LogP contribution is 2.50. The molecule has 2 aromatic carbocycles. The molecule has 0 aromatic heterocycles. The summed E-state index contributed by atoms with van der Waals surface area (Å²) in [5.41, 5.74) is 2.00. The van der Waals surface area contributed by atoms with E-state index in [-0.39, 0.29) is 18.2 Å². The van der Waals surface area contributed by atoms with E-state index in [2.05, 4.69) is 12.0 Å². The summed E-state index contributed by atoms with van der Waals surface area (Å²) in [6, 6.07) is 13.9. The zero-order valence-electron chi connectivity index (χ0n) is 19.3. The number of hydrogen-bond donors (Lipinski definition) is 2. The third-order valence-electron chi connectivity index (χ3n) is 6.74.